The Kier molecular flexibility index (Phi) is 2.62. The molecule has 1 aromatic carbocycles. The van der Waals surface area contributed by atoms with Gasteiger partial charge in [0.25, 0.3) is 0 Å². The molecule has 76 valence electrons. The Balaban J connectivity index is 2.22. The second kappa shape index (κ2) is 3.51. The van der Waals surface area contributed by atoms with Crippen LogP contribution in [0.1, 0.15) is 17.9 Å². The van der Waals surface area contributed by atoms with Crippen molar-refractivity contribution >= 4 is 35.7 Å². The van der Waals surface area contributed by atoms with Crippen molar-refractivity contribution in [1.82, 2.24) is 0 Å². The van der Waals surface area contributed by atoms with Crippen LogP contribution in [0.25, 0.3) is 0 Å². The predicted octanol–water partition coefficient (Wildman–Crippen LogP) is 2.87. The van der Waals surface area contributed by atoms with Crippen LogP contribution in [0.2, 0.25) is 0 Å². The molecule has 0 aliphatic heterocycles. The Hall–Kier alpha value is -0.0600. The van der Waals surface area contributed by atoms with Crippen molar-refractivity contribution in [2.75, 3.05) is 0 Å². The summed E-state index contributed by atoms with van der Waals surface area (Å²) in [6.07, 6.45) is 0.641. The summed E-state index contributed by atoms with van der Waals surface area (Å²) in [6.45, 7) is 0. The third-order valence-corrected chi connectivity index (χ3v) is 4.79. The smallest absolute Gasteiger partial charge is 0.212 e. The van der Waals surface area contributed by atoms with Gasteiger partial charge in [-0.3, -0.25) is 0 Å². The molecule has 0 N–H and O–H groups in total. The summed E-state index contributed by atoms with van der Waals surface area (Å²) >= 11 is 3.35. The molecule has 0 aromatic heterocycles. The van der Waals surface area contributed by atoms with E-state index in [0.717, 1.165) is 10.0 Å². The largest absolute Gasteiger partial charge is 0.236 e. The van der Waals surface area contributed by atoms with Gasteiger partial charge in [-0.15, -0.1) is 0 Å². The maximum atomic E-state index is 11.0. The van der Waals surface area contributed by atoms with Gasteiger partial charge in [-0.25, -0.2) is 8.42 Å². The van der Waals surface area contributed by atoms with Gasteiger partial charge in [0.1, 0.15) is 0 Å². The van der Waals surface area contributed by atoms with Crippen molar-refractivity contribution in [2.24, 2.45) is 0 Å². The number of hydrogen-bond acceptors (Lipinski definition) is 2. The minimum absolute atomic E-state index is 0.0787. The molecule has 2 nitrogen and oxygen atoms in total. The lowest BCUT2D eigenvalue weighted by molar-refractivity contribution is 0.607. The van der Waals surface area contributed by atoms with Crippen molar-refractivity contribution in [2.45, 2.75) is 17.6 Å². The summed E-state index contributed by atoms with van der Waals surface area (Å²) in [5, 5.41) is -0.390. The summed E-state index contributed by atoms with van der Waals surface area (Å²) in [7, 11) is 1.89. The van der Waals surface area contributed by atoms with Gasteiger partial charge in [0.2, 0.25) is 9.05 Å². The van der Waals surface area contributed by atoms with Crippen molar-refractivity contribution in [3.8, 4) is 0 Å². The Morgan fingerprint density at radius 1 is 1.43 bits per heavy atom. The summed E-state index contributed by atoms with van der Waals surface area (Å²) in [4.78, 5) is 0. The topological polar surface area (TPSA) is 34.1 Å². The first kappa shape index (κ1) is 10.5. The zero-order valence-corrected chi connectivity index (χ0v) is 10.3. The van der Waals surface area contributed by atoms with Gasteiger partial charge in [-0.2, -0.15) is 0 Å². The zero-order valence-electron chi connectivity index (χ0n) is 7.15. The number of halogens is 2. The summed E-state index contributed by atoms with van der Waals surface area (Å²) in [5.41, 5.74) is 1.04. The van der Waals surface area contributed by atoms with Crippen LogP contribution in [0.5, 0.6) is 0 Å². The van der Waals surface area contributed by atoms with Crippen LogP contribution >= 0.6 is 26.6 Å². The molecule has 0 amide bonds. The maximum absolute atomic E-state index is 11.0. The van der Waals surface area contributed by atoms with Crippen LogP contribution < -0.4 is 0 Å². The third kappa shape index (κ3) is 2.12. The van der Waals surface area contributed by atoms with Gasteiger partial charge in [0.05, 0.1) is 5.25 Å². The van der Waals surface area contributed by atoms with E-state index in [-0.39, 0.29) is 5.92 Å². The number of hydrogen-bond donors (Lipinski definition) is 0. The van der Waals surface area contributed by atoms with Crippen LogP contribution in [0.15, 0.2) is 28.7 Å². The fourth-order valence-corrected chi connectivity index (χ4v) is 3.57. The van der Waals surface area contributed by atoms with Gasteiger partial charge in [-0.05, 0) is 24.1 Å². The quantitative estimate of drug-likeness (QED) is 0.786. The van der Waals surface area contributed by atoms with Gasteiger partial charge < -0.3 is 0 Å². The van der Waals surface area contributed by atoms with E-state index in [9.17, 15) is 8.42 Å². The molecular weight excluding hydrogens is 288 g/mol. The van der Waals surface area contributed by atoms with Crippen LogP contribution in [0.4, 0.5) is 0 Å². The van der Waals surface area contributed by atoms with Crippen LogP contribution in [0.3, 0.4) is 0 Å². The standard InChI is InChI=1S/C9H8BrClO2S/c10-7-3-1-2-6(4-7)8-5-9(8)14(11,12)13/h1-4,8-9H,5H2/t8-,9+/m0/s1. The molecule has 0 radical (unpaired) electrons. The first-order valence-corrected chi connectivity index (χ1v) is 7.34. The summed E-state index contributed by atoms with van der Waals surface area (Å²) in [5.74, 6) is 0.0787. The molecule has 1 saturated carbocycles. The SMILES string of the molecule is O=S(=O)(Cl)[C@@H]1C[C@H]1c1cccc(Br)c1. The van der Waals surface area contributed by atoms with Crippen LogP contribution in [-0.2, 0) is 9.05 Å². The zero-order chi connectivity index (χ0) is 10.3. The highest BCUT2D eigenvalue weighted by Crippen LogP contribution is 2.47. The van der Waals surface area contributed by atoms with Gasteiger partial charge in [0.15, 0.2) is 0 Å². The van der Waals surface area contributed by atoms with Gasteiger partial charge in [-0.1, -0.05) is 28.1 Å². The molecule has 0 saturated heterocycles. The summed E-state index contributed by atoms with van der Waals surface area (Å²) < 4.78 is 23.0. The molecule has 14 heavy (non-hydrogen) atoms. The Bertz CT molecular complexity index is 458. The van der Waals surface area contributed by atoms with E-state index in [2.05, 4.69) is 15.9 Å². The molecule has 0 unspecified atom stereocenters. The molecular formula is C9H8BrClO2S. The van der Waals surface area contributed by atoms with E-state index in [1.165, 1.54) is 0 Å². The second-order valence-electron chi connectivity index (χ2n) is 3.41. The highest BCUT2D eigenvalue weighted by molar-refractivity contribution is 9.10. The van der Waals surface area contributed by atoms with Crippen LogP contribution in [-0.4, -0.2) is 13.7 Å². The molecule has 1 fully saturated rings. The predicted molar refractivity (Wildman–Crippen MR) is 60.1 cm³/mol. The number of benzene rings is 1. The molecule has 2 atom stereocenters. The normalized spacial score (nSPS) is 26.1. The Labute approximate surface area is 95.8 Å². The third-order valence-electron chi connectivity index (χ3n) is 2.37. The first-order valence-electron chi connectivity index (χ1n) is 4.17. The second-order valence-corrected chi connectivity index (χ2v) is 7.17. The average molecular weight is 296 g/mol. The van der Waals surface area contributed by atoms with E-state index >= 15 is 0 Å². The molecule has 1 aromatic rings. The lowest BCUT2D eigenvalue weighted by atomic mass is 10.1. The first-order chi connectivity index (χ1) is 6.48. The Morgan fingerprint density at radius 3 is 2.64 bits per heavy atom. The average Bonchev–Trinajstić information content (AvgIpc) is 2.81. The molecule has 5 heteroatoms. The lowest BCUT2D eigenvalue weighted by Gasteiger charge is -1.98. The van der Waals surface area contributed by atoms with Crippen molar-refractivity contribution in [1.29, 1.82) is 0 Å². The van der Waals surface area contributed by atoms with Crippen molar-refractivity contribution in [3.05, 3.63) is 34.3 Å². The monoisotopic (exact) mass is 294 g/mol. The van der Waals surface area contributed by atoms with E-state index in [0.29, 0.717) is 6.42 Å². The van der Waals surface area contributed by atoms with Gasteiger partial charge >= 0.3 is 0 Å². The summed E-state index contributed by atoms with van der Waals surface area (Å²) in [6, 6.07) is 7.68. The van der Waals surface area contributed by atoms with E-state index in [1.807, 2.05) is 24.3 Å². The highest BCUT2D eigenvalue weighted by atomic mass is 79.9. The van der Waals surface area contributed by atoms with Crippen molar-refractivity contribution < 1.29 is 8.42 Å². The molecule has 0 spiro atoms. The molecule has 2 rings (SSSR count). The number of rotatable bonds is 2. The van der Waals surface area contributed by atoms with E-state index in [1.54, 1.807) is 0 Å². The fraction of sp³-hybridized carbons (Fsp3) is 0.333. The molecule has 0 heterocycles. The minimum atomic E-state index is -3.38. The minimum Gasteiger partial charge on any atom is -0.212 e. The highest BCUT2D eigenvalue weighted by Gasteiger charge is 2.47. The van der Waals surface area contributed by atoms with E-state index in [4.69, 9.17) is 10.7 Å². The van der Waals surface area contributed by atoms with Crippen molar-refractivity contribution in [3.63, 3.8) is 0 Å². The van der Waals surface area contributed by atoms with Gasteiger partial charge in [0, 0.05) is 21.1 Å². The van der Waals surface area contributed by atoms with E-state index < -0.39 is 14.3 Å². The molecule has 1 aliphatic carbocycles. The molecule has 0 bridgehead atoms. The molecule has 1 aliphatic rings. The Morgan fingerprint density at radius 2 is 2.14 bits per heavy atom. The maximum Gasteiger partial charge on any atom is 0.236 e. The fourth-order valence-electron chi connectivity index (χ4n) is 1.57. The lowest BCUT2D eigenvalue weighted by Crippen LogP contribution is -1.99. The van der Waals surface area contributed by atoms with Crippen LogP contribution in [0, 0.1) is 0 Å².